The lowest BCUT2D eigenvalue weighted by Crippen LogP contribution is -2.22. The highest BCUT2D eigenvalue weighted by Crippen LogP contribution is 2.31. The third-order valence-electron chi connectivity index (χ3n) is 2.78. The van der Waals surface area contributed by atoms with Gasteiger partial charge in [-0.2, -0.15) is 5.26 Å². The fourth-order valence-electron chi connectivity index (χ4n) is 1.84. The predicted octanol–water partition coefficient (Wildman–Crippen LogP) is 1.00. The molecule has 2 rings (SSSR count). The van der Waals surface area contributed by atoms with Gasteiger partial charge in [-0.1, -0.05) is 0 Å². The molecule has 0 saturated carbocycles. The van der Waals surface area contributed by atoms with Gasteiger partial charge in [0.1, 0.15) is 6.07 Å². The molecule has 0 radical (unpaired) electrons. The van der Waals surface area contributed by atoms with Gasteiger partial charge in [0.05, 0.1) is 27.9 Å². The van der Waals surface area contributed by atoms with Crippen molar-refractivity contribution in [2.75, 3.05) is 18.0 Å². The standard InChI is InChI=1S/C11H10BrFN2O2/c12-10-6(3-14)1-2-7(11(10)13)15-4-8(16)9(17)5-15/h1-2,8-9,16-17H,4-5H2. The van der Waals surface area contributed by atoms with E-state index in [1.807, 2.05) is 6.07 Å². The molecule has 17 heavy (non-hydrogen) atoms. The highest BCUT2D eigenvalue weighted by atomic mass is 79.9. The van der Waals surface area contributed by atoms with Gasteiger partial charge in [-0.05, 0) is 28.1 Å². The maximum atomic E-state index is 14.0. The summed E-state index contributed by atoms with van der Waals surface area (Å²) in [4.78, 5) is 1.55. The van der Waals surface area contributed by atoms with Gasteiger partial charge in [0, 0.05) is 13.1 Å². The van der Waals surface area contributed by atoms with Crippen LogP contribution in [0.5, 0.6) is 0 Å². The zero-order valence-corrected chi connectivity index (χ0v) is 10.4. The third kappa shape index (κ3) is 2.14. The second kappa shape index (κ2) is 4.61. The Kier molecular flexibility index (Phi) is 3.33. The van der Waals surface area contributed by atoms with Crippen molar-refractivity contribution < 1.29 is 14.6 Å². The first kappa shape index (κ1) is 12.3. The summed E-state index contributed by atoms with van der Waals surface area (Å²) in [7, 11) is 0. The zero-order valence-electron chi connectivity index (χ0n) is 8.77. The number of β-amino-alcohol motifs (C(OH)–C–C–N with tert-alkyl or cyclic N) is 2. The van der Waals surface area contributed by atoms with Crippen LogP contribution in [0, 0.1) is 17.1 Å². The van der Waals surface area contributed by atoms with Crippen molar-refractivity contribution in [1.29, 1.82) is 5.26 Å². The van der Waals surface area contributed by atoms with Crippen molar-refractivity contribution in [3.63, 3.8) is 0 Å². The molecular formula is C11H10BrFN2O2. The SMILES string of the molecule is N#Cc1ccc(N2CC(O)C(O)C2)c(F)c1Br. The average molecular weight is 301 g/mol. The van der Waals surface area contributed by atoms with Gasteiger partial charge in [0.25, 0.3) is 0 Å². The maximum Gasteiger partial charge on any atom is 0.161 e. The van der Waals surface area contributed by atoms with Crippen molar-refractivity contribution in [3.05, 3.63) is 28.0 Å². The molecular weight excluding hydrogens is 291 g/mol. The summed E-state index contributed by atoms with van der Waals surface area (Å²) in [5.74, 6) is -0.551. The van der Waals surface area contributed by atoms with Gasteiger partial charge >= 0.3 is 0 Å². The first-order valence-corrected chi connectivity index (χ1v) is 5.83. The molecule has 4 nitrogen and oxygen atoms in total. The summed E-state index contributed by atoms with van der Waals surface area (Å²) < 4.78 is 14.1. The lowest BCUT2D eigenvalue weighted by molar-refractivity contribution is 0.0572. The van der Waals surface area contributed by atoms with E-state index < -0.39 is 18.0 Å². The van der Waals surface area contributed by atoms with E-state index in [9.17, 15) is 14.6 Å². The van der Waals surface area contributed by atoms with Crippen LogP contribution in [0.15, 0.2) is 16.6 Å². The molecule has 1 fully saturated rings. The van der Waals surface area contributed by atoms with Gasteiger partial charge in [0.2, 0.25) is 0 Å². The number of nitriles is 1. The Balaban J connectivity index is 2.36. The predicted molar refractivity (Wildman–Crippen MR) is 63.0 cm³/mol. The summed E-state index contributed by atoms with van der Waals surface area (Å²) in [5, 5.41) is 27.6. The Labute approximate surface area is 106 Å². The maximum absolute atomic E-state index is 14.0. The Morgan fingerprint density at radius 2 is 1.94 bits per heavy atom. The smallest absolute Gasteiger partial charge is 0.161 e. The molecule has 0 bridgehead atoms. The number of rotatable bonds is 1. The van der Waals surface area contributed by atoms with Crippen LogP contribution >= 0.6 is 15.9 Å². The van der Waals surface area contributed by atoms with E-state index in [-0.39, 0.29) is 28.8 Å². The molecule has 1 aliphatic rings. The summed E-state index contributed by atoms with van der Waals surface area (Å²) >= 11 is 3.02. The van der Waals surface area contributed by atoms with E-state index in [2.05, 4.69) is 15.9 Å². The summed E-state index contributed by atoms with van der Waals surface area (Å²) in [6.07, 6.45) is -1.74. The van der Waals surface area contributed by atoms with Gasteiger partial charge in [-0.25, -0.2) is 4.39 Å². The molecule has 1 aromatic rings. The number of halogens is 2. The molecule has 1 aromatic carbocycles. The van der Waals surface area contributed by atoms with Crippen LogP contribution in [0.2, 0.25) is 0 Å². The minimum absolute atomic E-state index is 0.105. The molecule has 2 atom stereocenters. The Bertz CT molecular complexity index is 479. The fraction of sp³-hybridized carbons (Fsp3) is 0.364. The van der Waals surface area contributed by atoms with E-state index in [4.69, 9.17) is 5.26 Å². The number of hydrogen-bond donors (Lipinski definition) is 2. The van der Waals surface area contributed by atoms with Crippen LogP contribution in [0.25, 0.3) is 0 Å². The van der Waals surface area contributed by atoms with Crippen LogP contribution in [0.3, 0.4) is 0 Å². The van der Waals surface area contributed by atoms with Crippen molar-refractivity contribution in [1.82, 2.24) is 0 Å². The Hall–Kier alpha value is -1.16. The number of aliphatic hydroxyl groups excluding tert-OH is 2. The highest BCUT2D eigenvalue weighted by molar-refractivity contribution is 9.10. The largest absolute Gasteiger partial charge is 0.389 e. The number of nitrogens with zero attached hydrogens (tertiary/aromatic N) is 2. The molecule has 1 heterocycles. The van der Waals surface area contributed by atoms with Gasteiger partial charge < -0.3 is 15.1 Å². The minimum Gasteiger partial charge on any atom is -0.389 e. The number of aliphatic hydroxyl groups is 2. The molecule has 0 aromatic heterocycles. The molecule has 0 spiro atoms. The van der Waals surface area contributed by atoms with E-state index in [0.717, 1.165) is 0 Å². The van der Waals surface area contributed by atoms with Crippen LogP contribution in [0.1, 0.15) is 5.56 Å². The summed E-state index contributed by atoms with van der Waals surface area (Å²) in [6, 6.07) is 4.84. The first-order valence-electron chi connectivity index (χ1n) is 5.03. The lowest BCUT2D eigenvalue weighted by atomic mass is 10.2. The molecule has 90 valence electrons. The van der Waals surface area contributed by atoms with Crippen LogP contribution in [0.4, 0.5) is 10.1 Å². The van der Waals surface area contributed by atoms with Gasteiger partial charge in [0.15, 0.2) is 5.82 Å². The number of benzene rings is 1. The second-order valence-corrected chi connectivity index (χ2v) is 4.70. The lowest BCUT2D eigenvalue weighted by Gasteiger charge is -2.19. The molecule has 2 unspecified atom stereocenters. The highest BCUT2D eigenvalue weighted by Gasteiger charge is 2.31. The normalized spacial score (nSPS) is 23.8. The average Bonchev–Trinajstić information content (AvgIpc) is 2.63. The Morgan fingerprint density at radius 3 is 2.47 bits per heavy atom. The van der Waals surface area contributed by atoms with Gasteiger partial charge in [-0.3, -0.25) is 0 Å². The first-order chi connectivity index (χ1) is 8.04. The van der Waals surface area contributed by atoms with Gasteiger partial charge in [-0.15, -0.1) is 0 Å². The third-order valence-corrected chi connectivity index (χ3v) is 3.56. The van der Waals surface area contributed by atoms with Crippen molar-refractivity contribution >= 4 is 21.6 Å². The Morgan fingerprint density at radius 1 is 1.35 bits per heavy atom. The van der Waals surface area contributed by atoms with Crippen molar-refractivity contribution in [2.24, 2.45) is 0 Å². The zero-order chi connectivity index (χ0) is 12.6. The quantitative estimate of drug-likeness (QED) is 0.812. The second-order valence-electron chi connectivity index (χ2n) is 3.91. The molecule has 1 saturated heterocycles. The van der Waals surface area contributed by atoms with E-state index in [1.54, 1.807) is 4.90 Å². The van der Waals surface area contributed by atoms with Crippen LogP contribution in [-0.2, 0) is 0 Å². The molecule has 0 aliphatic carbocycles. The summed E-state index contributed by atoms with van der Waals surface area (Å²) in [6.45, 7) is 0.354. The van der Waals surface area contributed by atoms with Crippen LogP contribution in [-0.4, -0.2) is 35.5 Å². The monoisotopic (exact) mass is 300 g/mol. The summed E-state index contributed by atoms with van der Waals surface area (Å²) in [5.41, 5.74) is 0.484. The van der Waals surface area contributed by atoms with Crippen molar-refractivity contribution in [2.45, 2.75) is 12.2 Å². The molecule has 0 amide bonds. The topological polar surface area (TPSA) is 67.5 Å². The minimum atomic E-state index is -0.871. The fourth-order valence-corrected chi connectivity index (χ4v) is 2.26. The van der Waals surface area contributed by atoms with Crippen LogP contribution < -0.4 is 4.90 Å². The van der Waals surface area contributed by atoms with Crippen molar-refractivity contribution in [3.8, 4) is 6.07 Å². The van der Waals surface area contributed by atoms with E-state index in [1.165, 1.54) is 12.1 Å². The molecule has 2 N–H and O–H groups in total. The number of hydrogen-bond acceptors (Lipinski definition) is 4. The number of anilines is 1. The molecule has 1 aliphatic heterocycles. The van der Waals surface area contributed by atoms with E-state index >= 15 is 0 Å². The molecule has 6 heteroatoms. The van der Waals surface area contributed by atoms with E-state index in [0.29, 0.717) is 0 Å².